The highest BCUT2D eigenvalue weighted by Crippen LogP contribution is 2.27. The number of nitrogens with one attached hydrogen (secondary N) is 2. The molecule has 0 bridgehead atoms. The largest absolute Gasteiger partial charge is 0.444 e. The number of hydrogen-bond donors (Lipinski definition) is 3. The molecule has 4 N–H and O–H groups in total. The van der Waals surface area contributed by atoms with Crippen LogP contribution >= 0.6 is 0 Å². The third-order valence-corrected chi connectivity index (χ3v) is 15.5. The Hall–Kier alpha value is -8.32. The highest BCUT2D eigenvalue weighted by atomic mass is 16.6. The summed E-state index contributed by atoms with van der Waals surface area (Å²) in [6.45, 7) is 13.0. The summed E-state index contributed by atoms with van der Waals surface area (Å²) in [6.07, 6.45) is 2.53. The van der Waals surface area contributed by atoms with Crippen LogP contribution in [0.2, 0.25) is 0 Å². The molecule has 2 saturated heterocycles. The first kappa shape index (κ1) is 60.3. The third kappa shape index (κ3) is 17.1. The zero-order valence-electron chi connectivity index (χ0n) is 49.5. The van der Waals surface area contributed by atoms with E-state index in [4.69, 9.17) is 15.2 Å². The molecule has 8 aromatic carbocycles. The number of fused-ring (bicyclic) bond motifs is 2. The summed E-state index contributed by atoms with van der Waals surface area (Å²) >= 11 is 0. The van der Waals surface area contributed by atoms with E-state index in [2.05, 4.69) is 95.6 Å². The molecule has 2 aliphatic heterocycles. The molecule has 2 unspecified atom stereocenters. The second-order valence-electron chi connectivity index (χ2n) is 24.5. The minimum atomic E-state index is -0.903. The molecule has 436 valence electrons. The number of hydrogen-bond acceptors (Lipinski definition) is 8. The van der Waals surface area contributed by atoms with Crippen molar-refractivity contribution in [3.8, 4) is 0 Å². The van der Waals surface area contributed by atoms with Crippen molar-refractivity contribution >= 4 is 45.5 Å². The first-order chi connectivity index (χ1) is 40.4. The molecule has 0 aliphatic carbocycles. The first-order valence-corrected chi connectivity index (χ1v) is 29.6. The van der Waals surface area contributed by atoms with E-state index < -0.39 is 35.5 Å². The fraction of sp³-hybridized carbons (Fsp3) is 0.333. The Kier molecular flexibility index (Phi) is 20.0. The Morgan fingerprint density at radius 2 is 0.869 bits per heavy atom. The summed E-state index contributed by atoms with van der Waals surface area (Å²) < 4.78 is 11.6. The van der Waals surface area contributed by atoms with E-state index in [0.717, 1.165) is 52.4 Å². The van der Waals surface area contributed by atoms with Gasteiger partial charge in [0.2, 0.25) is 11.8 Å². The van der Waals surface area contributed by atoms with Crippen molar-refractivity contribution in [2.24, 2.45) is 5.73 Å². The molecule has 2 aliphatic rings. The van der Waals surface area contributed by atoms with Gasteiger partial charge >= 0.3 is 12.2 Å². The molecule has 6 atom stereocenters. The summed E-state index contributed by atoms with van der Waals surface area (Å²) in [5.74, 6) is -0.180. The van der Waals surface area contributed by atoms with Crippen molar-refractivity contribution in [3.63, 3.8) is 0 Å². The van der Waals surface area contributed by atoms with Crippen molar-refractivity contribution in [1.29, 1.82) is 0 Å². The average molecular weight is 1130 g/mol. The van der Waals surface area contributed by atoms with E-state index in [1.165, 1.54) is 21.9 Å². The van der Waals surface area contributed by atoms with E-state index in [0.29, 0.717) is 25.8 Å². The van der Waals surface area contributed by atoms with E-state index >= 15 is 0 Å². The fourth-order valence-electron chi connectivity index (χ4n) is 11.5. The smallest absolute Gasteiger partial charge is 0.410 e. The Bertz CT molecular complexity index is 3440. The van der Waals surface area contributed by atoms with Crippen molar-refractivity contribution in [2.45, 2.75) is 128 Å². The monoisotopic (exact) mass is 1130 g/mol. The molecule has 10 rings (SSSR count). The lowest BCUT2D eigenvalue weighted by Gasteiger charge is -2.47. The van der Waals surface area contributed by atoms with Crippen LogP contribution in [0.1, 0.15) is 74.9 Å². The van der Waals surface area contributed by atoms with E-state index in [-0.39, 0.29) is 55.5 Å². The number of carbonyl (C=O) groups excluding carboxylic acids is 4. The fourth-order valence-corrected chi connectivity index (χ4v) is 11.5. The summed E-state index contributed by atoms with van der Waals surface area (Å²) in [6, 6.07) is 67.7. The van der Waals surface area contributed by atoms with Gasteiger partial charge in [0.05, 0.1) is 18.1 Å². The molecule has 0 radical (unpaired) electrons. The van der Waals surface area contributed by atoms with Crippen LogP contribution in [0.4, 0.5) is 9.59 Å². The molecule has 2 fully saturated rings. The van der Waals surface area contributed by atoms with Crippen LogP contribution in [0.5, 0.6) is 0 Å². The molecule has 0 spiro atoms. The van der Waals surface area contributed by atoms with Crippen LogP contribution in [0.15, 0.2) is 206 Å². The van der Waals surface area contributed by atoms with Gasteiger partial charge in [-0.15, -0.1) is 0 Å². The summed E-state index contributed by atoms with van der Waals surface area (Å²) in [5.41, 5.74) is 11.8. The maximum Gasteiger partial charge on any atom is 0.410 e. The number of carbonyl (C=O) groups is 4. The molecule has 0 saturated carbocycles. The second kappa shape index (κ2) is 27.8. The van der Waals surface area contributed by atoms with Crippen LogP contribution in [0, 0.1) is 0 Å². The molecule has 4 amide bonds. The topological polar surface area (TPSA) is 147 Å². The first-order valence-electron chi connectivity index (χ1n) is 29.6. The van der Waals surface area contributed by atoms with Crippen molar-refractivity contribution in [1.82, 2.24) is 25.3 Å². The van der Waals surface area contributed by atoms with Gasteiger partial charge in [-0.05, 0) is 129 Å². The number of rotatable bonds is 15. The van der Waals surface area contributed by atoms with E-state index in [9.17, 15) is 19.2 Å². The van der Waals surface area contributed by atoms with Crippen molar-refractivity contribution in [2.75, 3.05) is 26.2 Å². The Balaban J connectivity index is 0.000000213. The highest BCUT2D eigenvalue weighted by molar-refractivity contribution is 5.88. The Morgan fingerprint density at radius 3 is 1.36 bits per heavy atom. The summed E-state index contributed by atoms with van der Waals surface area (Å²) in [4.78, 5) is 61.3. The molecule has 12 nitrogen and oxygen atoms in total. The predicted molar refractivity (Wildman–Crippen MR) is 337 cm³/mol. The molecule has 8 aromatic rings. The van der Waals surface area contributed by atoms with E-state index in [1.807, 2.05) is 152 Å². The molecular weight excluding hydrogens is 1040 g/mol. The number of amides is 4. The minimum absolute atomic E-state index is 0.0404. The van der Waals surface area contributed by atoms with Gasteiger partial charge in [0.25, 0.3) is 0 Å². The van der Waals surface area contributed by atoms with Gasteiger partial charge in [-0.3, -0.25) is 9.59 Å². The number of alkyl carbamates (subject to hydrolysis) is 1. The van der Waals surface area contributed by atoms with Crippen LogP contribution < -0.4 is 16.4 Å². The molecule has 12 heteroatoms. The zero-order valence-corrected chi connectivity index (χ0v) is 49.5. The van der Waals surface area contributed by atoms with Gasteiger partial charge in [0.1, 0.15) is 17.2 Å². The van der Waals surface area contributed by atoms with Gasteiger partial charge in [-0.1, -0.05) is 206 Å². The van der Waals surface area contributed by atoms with Gasteiger partial charge in [-0.2, -0.15) is 0 Å². The highest BCUT2D eigenvalue weighted by Gasteiger charge is 2.43. The summed E-state index contributed by atoms with van der Waals surface area (Å²) in [7, 11) is 0. The van der Waals surface area contributed by atoms with Crippen LogP contribution in [-0.4, -0.2) is 112 Å². The van der Waals surface area contributed by atoms with Crippen LogP contribution in [-0.2, 0) is 57.6 Å². The molecule has 84 heavy (non-hydrogen) atoms. The number of ether oxygens (including phenoxy) is 2. The van der Waals surface area contributed by atoms with E-state index in [1.54, 1.807) is 25.7 Å². The number of nitrogens with two attached hydrogens (primary N) is 1. The van der Waals surface area contributed by atoms with Crippen LogP contribution in [0.25, 0.3) is 21.5 Å². The van der Waals surface area contributed by atoms with Crippen molar-refractivity contribution in [3.05, 3.63) is 240 Å². The Morgan fingerprint density at radius 1 is 0.464 bits per heavy atom. The maximum atomic E-state index is 14.9. The minimum Gasteiger partial charge on any atom is -0.444 e. The second-order valence-corrected chi connectivity index (χ2v) is 24.5. The quantitative estimate of drug-likeness (QED) is 0.0920. The van der Waals surface area contributed by atoms with Gasteiger partial charge in [0, 0.05) is 44.7 Å². The SMILES string of the molecule is CC(C)(C)OC(=O)N[C@H](Cc1ccc2ccccc2c1)C(=O)N1C[C@H](Cc2ccccc2)N(C(=O)OC(C)(C)C)CC1Cc1ccccc1.N[C@H](Cc1ccc2ccccc2c1)C(=O)N1C[C@H](Cc2ccccc2)NCC1Cc1ccccc1. The Labute approximate surface area is 496 Å². The number of benzene rings is 8. The number of piperazine rings is 2. The standard InChI is InChI=1S/C41H49N3O5.C31H33N3O/c1-40(2,3)48-38(46)42-36(26-31-21-22-32-19-13-14-20-33(32)23-31)37(45)43-27-35(25-30-17-11-8-12-18-30)44(39(47)49-41(4,5)6)28-34(43)24-29-15-9-7-10-16-29;32-30(20-25-15-16-26-13-7-8-14-27(26)17-25)31(35)34-22-28(18-23-9-3-1-4-10-23)33-21-29(34)19-24-11-5-2-6-12-24/h7-23,34-36H,24-28H2,1-6H3,(H,42,46);1-17,28-30,33H,18-22,32H2/t34?,35-,36+;28-,29?,30+/m00/s1. The lowest BCUT2D eigenvalue weighted by Crippen LogP contribution is -2.65. The third-order valence-electron chi connectivity index (χ3n) is 15.5. The van der Waals surface area contributed by atoms with Gasteiger partial charge in [0.15, 0.2) is 0 Å². The van der Waals surface area contributed by atoms with Gasteiger partial charge < -0.3 is 40.5 Å². The van der Waals surface area contributed by atoms with Crippen molar-refractivity contribution < 1.29 is 28.7 Å². The lowest BCUT2D eigenvalue weighted by atomic mass is 9.94. The molecule has 0 aromatic heterocycles. The molecule has 2 heterocycles. The van der Waals surface area contributed by atoms with Crippen LogP contribution in [0.3, 0.4) is 0 Å². The zero-order chi connectivity index (χ0) is 59.2. The average Bonchev–Trinajstić information content (AvgIpc) is 3.19. The summed E-state index contributed by atoms with van der Waals surface area (Å²) in [5, 5.41) is 11.1. The van der Waals surface area contributed by atoms with Gasteiger partial charge in [-0.25, -0.2) is 9.59 Å². The molecular formula is C72H82N6O6. The number of nitrogens with zero attached hydrogens (tertiary/aromatic N) is 3. The maximum absolute atomic E-state index is 14.9. The predicted octanol–water partition coefficient (Wildman–Crippen LogP) is 11.9. The normalized spacial score (nSPS) is 18.0. The lowest BCUT2D eigenvalue weighted by molar-refractivity contribution is -0.140.